The Morgan fingerprint density at radius 1 is 1.55 bits per heavy atom. The van der Waals surface area contributed by atoms with Crippen molar-refractivity contribution in [1.29, 1.82) is 0 Å². The third-order valence-electron chi connectivity index (χ3n) is 2.64. The minimum absolute atomic E-state index is 0.153. The Morgan fingerprint density at radius 2 is 2.20 bits per heavy atom. The van der Waals surface area contributed by atoms with E-state index in [4.69, 9.17) is 0 Å². The van der Waals surface area contributed by atoms with Crippen molar-refractivity contribution in [3.63, 3.8) is 0 Å². The summed E-state index contributed by atoms with van der Waals surface area (Å²) in [4.78, 5) is 22.3. The molecule has 1 aromatic carbocycles. The molecular weight excluding hydrogens is 348 g/mol. The summed E-state index contributed by atoms with van der Waals surface area (Å²) < 4.78 is 11.2. The van der Waals surface area contributed by atoms with Gasteiger partial charge in [-0.15, -0.1) is 0 Å². The van der Waals surface area contributed by atoms with Crippen LogP contribution in [0.2, 0.25) is 0 Å². The van der Waals surface area contributed by atoms with Gasteiger partial charge in [0.2, 0.25) is 0 Å². The maximum absolute atomic E-state index is 12.1. The molecule has 0 aliphatic carbocycles. The molecule has 110 valence electrons. The van der Waals surface area contributed by atoms with Crippen LogP contribution in [0.15, 0.2) is 22.7 Å². The molecule has 6 nitrogen and oxygen atoms in total. The van der Waals surface area contributed by atoms with Gasteiger partial charge in [-0.3, -0.25) is 19.1 Å². The number of nitrogens with one attached hydrogen (secondary N) is 1. The number of nitro groups is 1. The van der Waals surface area contributed by atoms with Crippen molar-refractivity contribution in [2.24, 2.45) is 0 Å². The molecule has 1 amide bonds. The molecule has 1 aromatic rings. The molecule has 0 radical (unpaired) electrons. The van der Waals surface area contributed by atoms with Gasteiger partial charge in [0.15, 0.2) is 0 Å². The van der Waals surface area contributed by atoms with Gasteiger partial charge in [-0.25, -0.2) is 0 Å². The lowest BCUT2D eigenvalue weighted by Gasteiger charge is -2.13. The zero-order valence-electron chi connectivity index (χ0n) is 11.1. The van der Waals surface area contributed by atoms with E-state index < -0.39 is 21.6 Å². The Balaban J connectivity index is 2.80. The molecule has 0 fully saturated rings. The highest BCUT2D eigenvalue weighted by Crippen LogP contribution is 2.28. The maximum Gasteiger partial charge on any atom is 0.284 e. The summed E-state index contributed by atoms with van der Waals surface area (Å²) in [6.07, 6.45) is 2.19. The van der Waals surface area contributed by atoms with Gasteiger partial charge in [0.1, 0.15) is 4.47 Å². The monoisotopic (exact) mass is 362 g/mol. The molecule has 20 heavy (non-hydrogen) atoms. The molecule has 1 rings (SSSR count). The topological polar surface area (TPSA) is 89.3 Å². The predicted octanol–water partition coefficient (Wildman–Crippen LogP) is 2.24. The van der Waals surface area contributed by atoms with E-state index in [1.54, 1.807) is 13.2 Å². The van der Waals surface area contributed by atoms with E-state index in [-0.39, 0.29) is 21.8 Å². The zero-order chi connectivity index (χ0) is 15.3. The summed E-state index contributed by atoms with van der Waals surface area (Å²) in [5, 5.41) is 13.5. The fraction of sp³-hybridized carbons (Fsp3) is 0.417. The van der Waals surface area contributed by atoms with Crippen LogP contribution in [0, 0.1) is 10.1 Å². The van der Waals surface area contributed by atoms with E-state index in [9.17, 15) is 19.1 Å². The van der Waals surface area contributed by atoms with Crippen molar-refractivity contribution in [3.8, 4) is 0 Å². The number of amides is 1. The molecular formula is C12H15BrN2O4S. The van der Waals surface area contributed by atoms with E-state index in [1.165, 1.54) is 18.2 Å². The van der Waals surface area contributed by atoms with Crippen LogP contribution in [-0.2, 0) is 10.8 Å². The second-order valence-corrected chi connectivity index (χ2v) is 6.68. The first-order valence-corrected chi connectivity index (χ1v) is 8.38. The quantitative estimate of drug-likeness (QED) is 0.620. The molecule has 0 saturated heterocycles. The maximum atomic E-state index is 12.1. The molecule has 0 saturated carbocycles. The number of carbonyl (C=O) groups is 1. The summed E-state index contributed by atoms with van der Waals surface area (Å²) in [7, 11) is -0.910. The van der Waals surface area contributed by atoms with Crippen LogP contribution in [0.1, 0.15) is 23.7 Å². The lowest BCUT2D eigenvalue weighted by atomic mass is 10.1. The number of benzene rings is 1. The van der Waals surface area contributed by atoms with Crippen LogP contribution in [0.25, 0.3) is 0 Å². The van der Waals surface area contributed by atoms with Crippen LogP contribution < -0.4 is 5.32 Å². The fourth-order valence-electron chi connectivity index (χ4n) is 1.55. The van der Waals surface area contributed by atoms with Crippen molar-refractivity contribution < 1.29 is 13.9 Å². The summed E-state index contributed by atoms with van der Waals surface area (Å²) in [6.45, 7) is 1.80. The highest BCUT2D eigenvalue weighted by Gasteiger charge is 2.20. The van der Waals surface area contributed by atoms with Crippen LogP contribution in [0.3, 0.4) is 0 Å². The van der Waals surface area contributed by atoms with E-state index >= 15 is 0 Å². The standard InChI is InChI=1S/C12H15BrN2O4S/c1-8(6-7-20(2)19)14-12(16)9-4-3-5-10(11(9)13)15(17)18/h3-5,8H,6-7H2,1-2H3,(H,14,16). The van der Waals surface area contributed by atoms with Crippen molar-refractivity contribution >= 4 is 38.3 Å². The predicted molar refractivity (Wildman–Crippen MR) is 81.3 cm³/mol. The molecule has 8 heteroatoms. The van der Waals surface area contributed by atoms with Crippen LogP contribution >= 0.6 is 15.9 Å². The van der Waals surface area contributed by atoms with Gasteiger partial charge in [0, 0.05) is 34.9 Å². The Kier molecular flexibility index (Phi) is 6.28. The molecule has 1 N–H and O–H groups in total. The highest BCUT2D eigenvalue weighted by atomic mass is 79.9. The first-order valence-electron chi connectivity index (χ1n) is 5.86. The van der Waals surface area contributed by atoms with Crippen molar-refractivity contribution in [2.45, 2.75) is 19.4 Å². The van der Waals surface area contributed by atoms with Crippen molar-refractivity contribution in [2.75, 3.05) is 12.0 Å². The van der Waals surface area contributed by atoms with Crippen molar-refractivity contribution in [1.82, 2.24) is 5.32 Å². The van der Waals surface area contributed by atoms with Crippen molar-refractivity contribution in [3.05, 3.63) is 38.3 Å². The average molecular weight is 363 g/mol. The molecule has 2 unspecified atom stereocenters. The highest BCUT2D eigenvalue weighted by molar-refractivity contribution is 9.10. The van der Waals surface area contributed by atoms with E-state index in [0.717, 1.165) is 0 Å². The summed E-state index contributed by atoms with van der Waals surface area (Å²) in [5.74, 6) is 0.104. The Hall–Kier alpha value is -1.28. The second-order valence-electron chi connectivity index (χ2n) is 4.34. The number of nitrogens with zero attached hydrogens (tertiary/aromatic N) is 1. The third kappa shape index (κ3) is 4.68. The summed E-state index contributed by atoms with van der Waals surface area (Å²) in [6, 6.07) is 4.14. The van der Waals surface area contributed by atoms with E-state index in [0.29, 0.717) is 12.2 Å². The van der Waals surface area contributed by atoms with Gasteiger partial charge in [0.25, 0.3) is 11.6 Å². The van der Waals surface area contributed by atoms with E-state index in [2.05, 4.69) is 21.2 Å². The molecule has 0 bridgehead atoms. The SMILES string of the molecule is CC(CCS(C)=O)NC(=O)c1cccc([N+](=O)[O-])c1Br. The molecule has 0 aromatic heterocycles. The van der Waals surface area contributed by atoms with Gasteiger partial charge < -0.3 is 5.32 Å². The molecule has 2 atom stereocenters. The number of carbonyl (C=O) groups excluding carboxylic acids is 1. The van der Waals surface area contributed by atoms with Crippen LogP contribution in [0.5, 0.6) is 0 Å². The molecule has 0 aliphatic heterocycles. The minimum atomic E-state index is -0.910. The largest absolute Gasteiger partial charge is 0.350 e. The van der Waals surface area contributed by atoms with Gasteiger partial charge in [-0.1, -0.05) is 6.07 Å². The van der Waals surface area contributed by atoms with E-state index in [1.807, 2.05) is 0 Å². The van der Waals surface area contributed by atoms with Crippen LogP contribution in [0.4, 0.5) is 5.69 Å². The number of hydrogen-bond acceptors (Lipinski definition) is 4. The normalized spacial score (nSPS) is 13.6. The lowest BCUT2D eigenvalue weighted by Crippen LogP contribution is -2.33. The first-order chi connectivity index (χ1) is 9.32. The number of halogens is 1. The number of hydrogen-bond donors (Lipinski definition) is 1. The first kappa shape index (κ1) is 16.8. The Morgan fingerprint density at radius 3 is 2.75 bits per heavy atom. The molecule has 0 heterocycles. The van der Waals surface area contributed by atoms with Crippen LogP contribution in [-0.4, -0.2) is 33.1 Å². The smallest absolute Gasteiger partial charge is 0.284 e. The van der Waals surface area contributed by atoms with Gasteiger partial charge in [-0.05, 0) is 35.3 Å². The zero-order valence-corrected chi connectivity index (χ0v) is 13.5. The minimum Gasteiger partial charge on any atom is -0.350 e. The number of rotatable bonds is 6. The second kappa shape index (κ2) is 7.49. The Labute approximate surface area is 127 Å². The lowest BCUT2D eigenvalue weighted by molar-refractivity contribution is -0.385. The van der Waals surface area contributed by atoms with Gasteiger partial charge in [0.05, 0.1) is 10.5 Å². The number of nitro benzene ring substituents is 1. The summed E-state index contributed by atoms with van der Waals surface area (Å²) in [5.41, 5.74) is 0.0589. The third-order valence-corrected chi connectivity index (χ3v) is 4.28. The van der Waals surface area contributed by atoms with Gasteiger partial charge >= 0.3 is 0 Å². The molecule has 0 spiro atoms. The molecule has 0 aliphatic rings. The Bertz CT molecular complexity index is 550. The summed E-state index contributed by atoms with van der Waals surface area (Å²) >= 11 is 3.08. The van der Waals surface area contributed by atoms with Gasteiger partial charge in [-0.2, -0.15) is 0 Å². The average Bonchev–Trinajstić information content (AvgIpc) is 2.36. The fourth-order valence-corrected chi connectivity index (χ4v) is 2.83.